The molecular formula is C10H8N4. The minimum absolute atomic E-state index is 0.566. The van der Waals surface area contributed by atoms with Gasteiger partial charge < -0.3 is 0 Å². The van der Waals surface area contributed by atoms with Gasteiger partial charge in [-0.05, 0) is 18.2 Å². The molecule has 0 radical (unpaired) electrons. The van der Waals surface area contributed by atoms with Gasteiger partial charge in [0.1, 0.15) is 6.07 Å². The fourth-order valence-electron chi connectivity index (χ4n) is 1.24. The van der Waals surface area contributed by atoms with Crippen molar-refractivity contribution in [2.45, 2.75) is 0 Å². The summed E-state index contributed by atoms with van der Waals surface area (Å²) in [5, 5.41) is 12.7. The zero-order valence-electron chi connectivity index (χ0n) is 7.68. The Morgan fingerprint density at radius 1 is 1.36 bits per heavy atom. The van der Waals surface area contributed by atoms with Crippen molar-refractivity contribution in [1.82, 2.24) is 14.8 Å². The summed E-state index contributed by atoms with van der Waals surface area (Å²) in [4.78, 5) is 4.17. The van der Waals surface area contributed by atoms with Crippen LogP contribution in [0.3, 0.4) is 0 Å². The van der Waals surface area contributed by atoms with Crippen LogP contribution in [0.15, 0.2) is 30.6 Å². The minimum atomic E-state index is 0.566. The molecule has 0 saturated carbocycles. The second-order valence-electron chi connectivity index (χ2n) is 2.88. The van der Waals surface area contributed by atoms with Crippen molar-refractivity contribution in [2.75, 3.05) is 0 Å². The highest BCUT2D eigenvalue weighted by atomic mass is 15.3. The number of pyridine rings is 1. The number of nitrogens with zero attached hydrogens (tertiary/aromatic N) is 4. The Kier molecular flexibility index (Phi) is 1.99. The summed E-state index contributed by atoms with van der Waals surface area (Å²) in [6.07, 6.45) is 3.28. The molecule has 0 spiro atoms. The number of rotatable bonds is 1. The number of aryl methyl sites for hydroxylation is 1. The van der Waals surface area contributed by atoms with Crippen LogP contribution in [-0.4, -0.2) is 14.8 Å². The van der Waals surface area contributed by atoms with Crippen molar-refractivity contribution in [3.05, 3.63) is 36.2 Å². The van der Waals surface area contributed by atoms with E-state index < -0.39 is 0 Å². The van der Waals surface area contributed by atoms with Gasteiger partial charge in [-0.15, -0.1) is 0 Å². The Balaban J connectivity index is 2.45. The van der Waals surface area contributed by atoms with E-state index in [4.69, 9.17) is 5.26 Å². The van der Waals surface area contributed by atoms with Crippen molar-refractivity contribution in [3.8, 4) is 17.5 Å². The van der Waals surface area contributed by atoms with Crippen molar-refractivity contribution < 1.29 is 0 Å². The van der Waals surface area contributed by atoms with E-state index in [0.717, 1.165) is 11.4 Å². The lowest BCUT2D eigenvalue weighted by molar-refractivity contribution is 0.773. The molecule has 0 aliphatic heterocycles. The second kappa shape index (κ2) is 3.30. The van der Waals surface area contributed by atoms with Crippen LogP contribution in [0.2, 0.25) is 0 Å². The van der Waals surface area contributed by atoms with E-state index in [2.05, 4.69) is 10.1 Å². The normalized spacial score (nSPS) is 9.71. The molecule has 0 aliphatic rings. The first-order valence-electron chi connectivity index (χ1n) is 4.16. The van der Waals surface area contributed by atoms with Crippen LogP contribution in [0.1, 0.15) is 5.56 Å². The van der Waals surface area contributed by atoms with Gasteiger partial charge in [0.2, 0.25) is 0 Å². The van der Waals surface area contributed by atoms with Gasteiger partial charge in [-0.3, -0.25) is 9.67 Å². The topological polar surface area (TPSA) is 54.5 Å². The van der Waals surface area contributed by atoms with Crippen molar-refractivity contribution >= 4 is 0 Å². The molecule has 0 atom stereocenters. The lowest BCUT2D eigenvalue weighted by atomic mass is 10.2. The highest BCUT2D eigenvalue weighted by molar-refractivity contribution is 5.54. The highest BCUT2D eigenvalue weighted by Crippen LogP contribution is 2.14. The molecule has 2 rings (SSSR count). The van der Waals surface area contributed by atoms with Gasteiger partial charge >= 0.3 is 0 Å². The number of nitriles is 1. The van der Waals surface area contributed by atoms with Gasteiger partial charge in [-0.2, -0.15) is 10.4 Å². The first-order valence-corrected chi connectivity index (χ1v) is 4.16. The minimum Gasteiger partial charge on any atom is -0.266 e. The average molecular weight is 184 g/mol. The van der Waals surface area contributed by atoms with Gasteiger partial charge in [-0.25, -0.2) is 0 Å². The van der Waals surface area contributed by atoms with Gasteiger partial charge in [0.15, 0.2) is 0 Å². The molecule has 4 heteroatoms. The highest BCUT2D eigenvalue weighted by Gasteiger charge is 2.02. The summed E-state index contributed by atoms with van der Waals surface area (Å²) >= 11 is 0. The summed E-state index contributed by atoms with van der Waals surface area (Å²) in [6, 6.07) is 7.47. The van der Waals surface area contributed by atoms with Crippen LogP contribution >= 0.6 is 0 Å². The van der Waals surface area contributed by atoms with Crippen molar-refractivity contribution in [3.63, 3.8) is 0 Å². The third-order valence-corrected chi connectivity index (χ3v) is 1.98. The van der Waals surface area contributed by atoms with Crippen LogP contribution in [0.5, 0.6) is 0 Å². The zero-order valence-corrected chi connectivity index (χ0v) is 7.68. The predicted octanol–water partition coefficient (Wildman–Crippen LogP) is 1.35. The molecule has 0 amide bonds. The number of hydrogen-bond acceptors (Lipinski definition) is 3. The van der Waals surface area contributed by atoms with E-state index in [9.17, 15) is 0 Å². The molecule has 2 aromatic rings. The third-order valence-electron chi connectivity index (χ3n) is 1.98. The largest absolute Gasteiger partial charge is 0.266 e. The first-order chi connectivity index (χ1) is 6.81. The monoisotopic (exact) mass is 184 g/mol. The van der Waals surface area contributed by atoms with Gasteiger partial charge in [-0.1, -0.05) is 0 Å². The quantitative estimate of drug-likeness (QED) is 0.672. The lowest BCUT2D eigenvalue weighted by Crippen LogP contribution is -1.94. The van der Waals surface area contributed by atoms with E-state index in [0.29, 0.717) is 5.56 Å². The standard InChI is InChI=1S/C10H8N4/c1-14-10(4-5-13-14)9-3-2-8(6-11)7-12-9/h2-5,7H,1H3. The van der Waals surface area contributed by atoms with Crippen molar-refractivity contribution in [2.24, 2.45) is 7.05 Å². The Bertz CT molecular complexity index is 476. The van der Waals surface area contributed by atoms with Crippen LogP contribution in [0.4, 0.5) is 0 Å². The molecule has 2 aromatic heterocycles. The maximum atomic E-state index is 8.61. The summed E-state index contributed by atoms with van der Waals surface area (Å²) in [5.41, 5.74) is 2.33. The van der Waals surface area contributed by atoms with Crippen molar-refractivity contribution in [1.29, 1.82) is 5.26 Å². The molecule has 0 aromatic carbocycles. The molecule has 68 valence electrons. The molecular weight excluding hydrogens is 176 g/mol. The molecule has 2 heterocycles. The van der Waals surface area contributed by atoms with Gasteiger partial charge in [0.05, 0.1) is 17.0 Å². The molecule has 0 fully saturated rings. The maximum Gasteiger partial charge on any atom is 0.101 e. The van der Waals surface area contributed by atoms with Gasteiger partial charge in [0.25, 0.3) is 0 Å². The fraction of sp³-hybridized carbons (Fsp3) is 0.100. The number of aromatic nitrogens is 3. The Morgan fingerprint density at radius 3 is 2.71 bits per heavy atom. The third kappa shape index (κ3) is 1.36. The Morgan fingerprint density at radius 2 is 2.21 bits per heavy atom. The Labute approximate surface area is 81.4 Å². The molecule has 0 saturated heterocycles. The smallest absolute Gasteiger partial charge is 0.101 e. The second-order valence-corrected chi connectivity index (χ2v) is 2.88. The molecule has 0 bridgehead atoms. The summed E-state index contributed by atoms with van der Waals surface area (Å²) < 4.78 is 1.74. The SMILES string of the molecule is Cn1nccc1-c1ccc(C#N)cn1. The molecule has 0 N–H and O–H groups in total. The van der Waals surface area contributed by atoms with Crippen LogP contribution in [-0.2, 0) is 7.05 Å². The predicted molar refractivity (Wildman–Crippen MR) is 51.2 cm³/mol. The maximum absolute atomic E-state index is 8.61. The molecule has 14 heavy (non-hydrogen) atoms. The van der Waals surface area contributed by atoms with E-state index in [-0.39, 0.29) is 0 Å². The van der Waals surface area contributed by atoms with E-state index >= 15 is 0 Å². The number of hydrogen-bond donors (Lipinski definition) is 0. The summed E-state index contributed by atoms with van der Waals surface area (Å²) in [6.45, 7) is 0. The summed E-state index contributed by atoms with van der Waals surface area (Å²) in [5.74, 6) is 0. The van der Waals surface area contributed by atoms with Gasteiger partial charge in [0, 0.05) is 19.4 Å². The molecule has 0 unspecified atom stereocenters. The molecule has 4 nitrogen and oxygen atoms in total. The zero-order chi connectivity index (χ0) is 9.97. The first kappa shape index (κ1) is 8.45. The van der Waals surface area contributed by atoms with Crippen LogP contribution in [0.25, 0.3) is 11.4 Å². The lowest BCUT2D eigenvalue weighted by Gasteiger charge is -1.99. The Hall–Kier alpha value is -2.15. The van der Waals surface area contributed by atoms with Crippen LogP contribution < -0.4 is 0 Å². The fourth-order valence-corrected chi connectivity index (χ4v) is 1.24. The van der Waals surface area contributed by atoms with E-state index in [1.54, 1.807) is 23.1 Å². The molecule has 0 aliphatic carbocycles. The van der Waals surface area contributed by atoms with Crippen LogP contribution in [0, 0.1) is 11.3 Å². The average Bonchev–Trinajstić information content (AvgIpc) is 2.65. The summed E-state index contributed by atoms with van der Waals surface area (Å²) in [7, 11) is 1.86. The van der Waals surface area contributed by atoms with E-state index in [1.165, 1.54) is 0 Å². The van der Waals surface area contributed by atoms with E-state index in [1.807, 2.05) is 25.2 Å².